The number of nitrogens with zero attached hydrogens (tertiary/aromatic N) is 2. The van der Waals surface area contributed by atoms with Gasteiger partial charge in [-0.1, -0.05) is 32.1 Å². The summed E-state index contributed by atoms with van der Waals surface area (Å²) in [6, 6.07) is 2.13. The van der Waals surface area contributed by atoms with E-state index in [4.69, 9.17) is 5.73 Å². The Balaban J connectivity index is 0.00000192. The number of rotatable bonds is 4. The molecule has 0 aromatic carbocycles. The highest BCUT2D eigenvalue weighted by molar-refractivity contribution is 5.85. The maximum absolute atomic E-state index is 12.7. The van der Waals surface area contributed by atoms with Crippen molar-refractivity contribution in [1.82, 2.24) is 15.1 Å². The smallest absolute Gasteiger partial charge is 0.225 e. The van der Waals surface area contributed by atoms with E-state index in [0.717, 1.165) is 32.1 Å². The van der Waals surface area contributed by atoms with E-state index in [1.54, 1.807) is 6.20 Å². The van der Waals surface area contributed by atoms with Crippen LogP contribution in [0.4, 0.5) is 0 Å². The summed E-state index contributed by atoms with van der Waals surface area (Å²) in [6.07, 6.45) is 13.8. The standard InChI is InChI=1S/C17H28N4O.ClH/c18-17(9-4-1-5-10-17)13-19-16(22)14-7-2-3-8-15(14)21-12-6-11-20-21;/h6,11-12,14-15H,1-5,7-10,13,18H2,(H,19,22);1H. The first-order valence-corrected chi connectivity index (χ1v) is 8.74. The summed E-state index contributed by atoms with van der Waals surface area (Å²) >= 11 is 0. The van der Waals surface area contributed by atoms with Gasteiger partial charge in [0.2, 0.25) is 5.91 Å². The Hall–Kier alpha value is -1.07. The normalized spacial score (nSPS) is 27.0. The van der Waals surface area contributed by atoms with Crippen LogP contribution >= 0.6 is 12.4 Å². The van der Waals surface area contributed by atoms with E-state index in [2.05, 4.69) is 10.4 Å². The lowest BCUT2D eigenvalue weighted by Gasteiger charge is -2.35. The molecule has 130 valence electrons. The summed E-state index contributed by atoms with van der Waals surface area (Å²) in [5.74, 6) is 0.191. The molecule has 23 heavy (non-hydrogen) atoms. The van der Waals surface area contributed by atoms with Crippen molar-refractivity contribution in [3.05, 3.63) is 18.5 Å². The van der Waals surface area contributed by atoms with Crippen LogP contribution in [0.3, 0.4) is 0 Å². The van der Waals surface area contributed by atoms with Gasteiger partial charge in [-0.3, -0.25) is 9.48 Å². The second kappa shape index (κ2) is 8.15. The van der Waals surface area contributed by atoms with Gasteiger partial charge in [-0.05, 0) is 31.7 Å². The third kappa shape index (κ3) is 4.48. The number of carbonyl (C=O) groups is 1. The van der Waals surface area contributed by atoms with Gasteiger partial charge in [0, 0.05) is 24.5 Å². The molecule has 2 fully saturated rings. The molecule has 2 unspecified atom stereocenters. The second-order valence-electron chi connectivity index (χ2n) is 7.09. The fourth-order valence-corrected chi connectivity index (χ4v) is 4.04. The van der Waals surface area contributed by atoms with Gasteiger partial charge in [0.25, 0.3) is 0 Å². The molecule has 0 radical (unpaired) electrons. The monoisotopic (exact) mass is 340 g/mol. The van der Waals surface area contributed by atoms with Crippen molar-refractivity contribution in [2.45, 2.75) is 69.4 Å². The average Bonchev–Trinajstić information content (AvgIpc) is 3.08. The average molecular weight is 341 g/mol. The lowest BCUT2D eigenvalue weighted by Crippen LogP contribution is -2.52. The molecule has 0 saturated heterocycles. The quantitative estimate of drug-likeness (QED) is 0.885. The molecule has 0 bridgehead atoms. The second-order valence-corrected chi connectivity index (χ2v) is 7.09. The highest BCUT2D eigenvalue weighted by Crippen LogP contribution is 2.34. The van der Waals surface area contributed by atoms with Crippen molar-refractivity contribution < 1.29 is 4.79 Å². The Morgan fingerprint density at radius 3 is 2.65 bits per heavy atom. The fraction of sp³-hybridized carbons (Fsp3) is 0.765. The van der Waals surface area contributed by atoms with Crippen LogP contribution in [0.5, 0.6) is 0 Å². The van der Waals surface area contributed by atoms with Crippen molar-refractivity contribution in [1.29, 1.82) is 0 Å². The van der Waals surface area contributed by atoms with Crippen LogP contribution in [0.1, 0.15) is 63.8 Å². The van der Waals surface area contributed by atoms with Crippen LogP contribution in [0.25, 0.3) is 0 Å². The van der Waals surface area contributed by atoms with Gasteiger partial charge in [-0.15, -0.1) is 12.4 Å². The van der Waals surface area contributed by atoms with Gasteiger partial charge in [0.05, 0.1) is 12.0 Å². The minimum atomic E-state index is -0.191. The van der Waals surface area contributed by atoms with Crippen LogP contribution in [0.2, 0.25) is 0 Å². The Morgan fingerprint density at radius 2 is 1.96 bits per heavy atom. The molecular weight excluding hydrogens is 312 g/mol. The highest BCUT2D eigenvalue weighted by Gasteiger charge is 2.34. The predicted molar refractivity (Wildman–Crippen MR) is 93.5 cm³/mol. The van der Waals surface area contributed by atoms with Gasteiger partial charge in [-0.25, -0.2) is 0 Å². The summed E-state index contributed by atoms with van der Waals surface area (Å²) in [7, 11) is 0. The van der Waals surface area contributed by atoms with E-state index in [-0.39, 0.29) is 35.8 Å². The molecule has 2 saturated carbocycles. The summed E-state index contributed by atoms with van der Waals surface area (Å²) < 4.78 is 1.96. The van der Waals surface area contributed by atoms with Crippen molar-refractivity contribution in [3.8, 4) is 0 Å². The van der Waals surface area contributed by atoms with Gasteiger partial charge >= 0.3 is 0 Å². The largest absolute Gasteiger partial charge is 0.354 e. The Labute approximate surface area is 144 Å². The van der Waals surface area contributed by atoms with E-state index in [1.807, 2.05) is 16.9 Å². The summed E-state index contributed by atoms with van der Waals surface area (Å²) in [4.78, 5) is 12.7. The first-order valence-electron chi connectivity index (χ1n) is 8.74. The molecule has 3 rings (SSSR count). The molecule has 2 aliphatic carbocycles. The number of carbonyl (C=O) groups excluding carboxylic acids is 1. The number of nitrogens with two attached hydrogens (primary N) is 1. The molecule has 1 aromatic rings. The van der Waals surface area contributed by atoms with E-state index < -0.39 is 0 Å². The van der Waals surface area contributed by atoms with Crippen molar-refractivity contribution >= 4 is 18.3 Å². The predicted octanol–water partition coefficient (Wildman–Crippen LogP) is 2.81. The van der Waals surface area contributed by atoms with Gasteiger partial charge in [0.1, 0.15) is 0 Å². The maximum atomic E-state index is 12.7. The van der Waals surface area contributed by atoms with Crippen molar-refractivity contribution in [3.63, 3.8) is 0 Å². The number of halogens is 1. The molecular formula is C17H29ClN4O. The zero-order valence-corrected chi connectivity index (χ0v) is 14.6. The number of aromatic nitrogens is 2. The molecule has 1 aromatic heterocycles. The van der Waals surface area contributed by atoms with E-state index >= 15 is 0 Å². The summed E-state index contributed by atoms with van der Waals surface area (Å²) in [6.45, 7) is 0.619. The number of hydrogen-bond acceptors (Lipinski definition) is 3. The van der Waals surface area contributed by atoms with E-state index in [1.165, 1.54) is 25.7 Å². The Morgan fingerprint density at radius 1 is 1.22 bits per heavy atom. The third-order valence-electron chi connectivity index (χ3n) is 5.39. The first kappa shape index (κ1) is 18.3. The van der Waals surface area contributed by atoms with Gasteiger partial charge in [-0.2, -0.15) is 5.10 Å². The Kier molecular flexibility index (Phi) is 6.48. The lowest BCUT2D eigenvalue weighted by molar-refractivity contribution is -0.128. The SMILES string of the molecule is Cl.NC1(CNC(=O)C2CCCCC2n2cccn2)CCCCC1. The maximum Gasteiger partial charge on any atom is 0.225 e. The molecule has 5 nitrogen and oxygen atoms in total. The van der Waals surface area contributed by atoms with Crippen LogP contribution in [0.15, 0.2) is 18.5 Å². The molecule has 1 heterocycles. The molecule has 2 aliphatic rings. The van der Waals surface area contributed by atoms with Gasteiger partial charge < -0.3 is 11.1 Å². The topological polar surface area (TPSA) is 72.9 Å². The lowest BCUT2D eigenvalue weighted by atomic mass is 9.81. The van der Waals surface area contributed by atoms with Crippen LogP contribution in [-0.2, 0) is 4.79 Å². The molecule has 0 spiro atoms. The first-order chi connectivity index (χ1) is 10.7. The van der Waals surface area contributed by atoms with Crippen molar-refractivity contribution in [2.75, 3.05) is 6.54 Å². The van der Waals surface area contributed by atoms with Crippen molar-refractivity contribution in [2.24, 2.45) is 11.7 Å². The number of hydrogen-bond donors (Lipinski definition) is 2. The number of nitrogens with one attached hydrogen (secondary N) is 1. The zero-order valence-electron chi connectivity index (χ0n) is 13.7. The summed E-state index contributed by atoms with van der Waals surface area (Å²) in [5.41, 5.74) is 6.24. The fourth-order valence-electron chi connectivity index (χ4n) is 4.04. The third-order valence-corrected chi connectivity index (χ3v) is 5.39. The zero-order chi connectivity index (χ0) is 15.4. The van der Waals surface area contributed by atoms with E-state index in [9.17, 15) is 4.79 Å². The van der Waals surface area contributed by atoms with Crippen LogP contribution in [0, 0.1) is 5.92 Å². The molecule has 1 amide bonds. The molecule has 3 N–H and O–H groups in total. The van der Waals surface area contributed by atoms with Crippen LogP contribution < -0.4 is 11.1 Å². The summed E-state index contributed by atoms with van der Waals surface area (Å²) in [5, 5.41) is 7.50. The molecule has 0 aliphatic heterocycles. The Bertz CT molecular complexity index is 485. The minimum absolute atomic E-state index is 0. The molecule has 6 heteroatoms. The molecule has 2 atom stereocenters. The van der Waals surface area contributed by atoms with E-state index in [0.29, 0.717) is 6.54 Å². The van der Waals surface area contributed by atoms with Gasteiger partial charge in [0.15, 0.2) is 0 Å². The highest BCUT2D eigenvalue weighted by atomic mass is 35.5. The minimum Gasteiger partial charge on any atom is -0.354 e. The van der Waals surface area contributed by atoms with Crippen LogP contribution in [-0.4, -0.2) is 27.8 Å². The number of amides is 1.